The van der Waals surface area contributed by atoms with E-state index in [0.717, 1.165) is 13.1 Å². The molecule has 1 aliphatic heterocycles. The van der Waals surface area contributed by atoms with Crippen LogP contribution in [-0.4, -0.2) is 19.1 Å². The molecule has 0 radical (unpaired) electrons. The molecule has 1 saturated heterocycles. The summed E-state index contributed by atoms with van der Waals surface area (Å²) in [5.41, 5.74) is 7.28. The van der Waals surface area contributed by atoms with Crippen molar-refractivity contribution in [2.75, 3.05) is 13.1 Å². The molecule has 0 aromatic heterocycles. The highest BCUT2D eigenvalue weighted by Gasteiger charge is 2.28. The van der Waals surface area contributed by atoms with Crippen LogP contribution in [0.25, 0.3) is 0 Å². The number of nitrogens with one attached hydrogen (secondary N) is 1. The lowest BCUT2D eigenvalue weighted by Crippen LogP contribution is -2.44. The first-order valence-corrected chi connectivity index (χ1v) is 5.79. The van der Waals surface area contributed by atoms with E-state index >= 15 is 0 Å². The Kier molecular flexibility index (Phi) is 3.39. The minimum Gasteiger partial charge on any atom is -0.330 e. The summed E-state index contributed by atoms with van der Waals surface area (Å²) < 4.78 is 0. The Bertz CT molecular complexity index is 297. The number of rotatable bonds is 2. The summed E-state index contributed by atoms with van der Waals surface area (Å²) in [7, 11) is 0. The van der Waals surface area contributed by atoms with Crippen LogP contribution in [-0.2, 0) is 0 Å². The third-order valence-corrected chi connectivity index (χ3v) is 3.44. The van der Waals surface area contributed by atoms with E-state index in [2.05, 4.69) is 42.6 Å². The average Bonchev–Trinajstić information content (AvgIpc) is 2.30. The smallest absolute Gasteiger partial charge is 0.00447 e. The first kappa shape index (κ1) is 10.7. The van der Waals surface area contributed by atoms with Crippen molar-refractivity contribution in [3.05, 3.63) is 35.9 Å². The number of nitrogens with two attached hydrogens (primary N) is 1. The van der Waals surface area contributed by atoms with Gasteiger partial charge in [0.25, 0.3) is 0 Å². The molecule has 3 N–H and O–H groups in total. The predicted octanol–water partition coefficient (Wildman–Crippen LogP) is 1.73. The van der Waals surface area contributed by atoms with Gasteiger partial charge in [0.05, 0.1) is 0 Å². The molecule has 2 nitrogen and oxygen atoms in total. The number of piperidine rings is 1. The predicted molar refractivity (Wildman–Crippen MR) is 63.8 cm³/mol. The molecule has 1 aromatic carbocycles. The van der Waals surface area contributed by atoms with Crippen molar-refractivity contribution in [3.63, 3.8) is 0 Å². The quantitative estimate of drug-likeness (QED) is 0.770. The number of benzene rings is 1. The molecule has 1 heterocycles. The molecule has 1 aromatic rings. The van der Waals surface area contributed by atoms with Gasteiger partial charge in [0, 0.05) is 6.04 Å². The van der Waals surface area contributed by atoms with Crippen LogP contribution in [0.15, 0.2) is 30.3 Å². The molecule has 15 heavy (non-hydrogen) atoms. The lowest BCUT2D eigenvalue weighted by molar-refractivity contribution is 0.285. The van der Waals surface area contributed by atoms with Crippen LogP contribution in [0, 0.1) is 5.92 Å². The molecule has 0 saturated carbocycles. The Morgan fingerprint density at radius 2 is 2.07 bits per heavy atom. The van der Waals surface area contributed by atoms with E-state index in [0.29, 0.717) is 17.9 Å². The standard InChI is InChI=1S/C13H20N2/c1-10-7-13(12(8-14)9-15-10)11-5-3-2-4-6-11/h2-6,10,12-13,15H,7-9,14H2,1H3. The molecule has 2 rings (SSSR count). The Hall–Kier alpha value is -0.860. The van der Waals surface area contributed by atoms with Gasteiger partial charge in [-0.05, 0) is 43.8 Å². The zero-order valence-electron chi connectivity index (χ0n) is 9.32. The summed E-state index contributed by atoms with van der Waals surface area (Å²) in [6, 6.07) is 11.4. The Labute approximate surface area is 91.9 Å². The van der Waals surface area contributed by atoms with Crippen LogP contribution in [0.5, 0.6) is 0 Å². The Morgan fingerprint density at radius 3 is 2.73 bits per heavy atom. The molecule has 1 fully saturated rings. The molecular formula is C13H20N2. The fraction of sp³-hybridized carbons (Fsp3) is 0.538. The summed E-state index contributed by atoms with van der Waals surface area (Å²) in [5, 5.41) is 3.50. The highest BCUT2D eigenvalue weighted by Crippen LogP contribution is 2.31. The first-order valence-electron chi connectivity index (χ1n) is 5.79. The van der Waals surface area contributed by atoms with Gasteiger partial charge >= 0.3 is 0 Å². The molecule has 0 spiro atoms. The minimum atomic E-state index is 0.587. The molecule has 0 bridgehead atoms. The summed E-state index contributed by atoms with van der Waals surface area (Å²) in [6.07, 6.45) is 1.20. The zero-order chi connectivity index (χ0) is 10.7. The second-order valence-corrected chi connectivity index (χ2v) is 4.56. The average molecular weight is 204 g/mol. The fourth-order valence-electron chi connectivity index (χ4n) is 2.51. The van der Waals surface area contributed by atoms with Crippen molar-refractivity contribution in [1.29, 1.82) is 0 Å². The normalized spacial score (nSPS) is 31.5. The van der Waals surface area contributed by atoms with Crippen LogP contribution in [0.4, 0.5) is 0 Å². The van der Waals surface area contributed by atoms with E-state index in [1.807, 2.05) is 0 Å². The van der Waals surface area contributed by atoms with Gasteiger partial charge in [-0.25, -0.2) is 0 Å². The van der Waals surface area contributed by atoms with Gasteiger partial charge in [0.2, 0.25) is 0 Å². The molecule has 0 aliphatic carbocycles. The van der Waals surface area contributed by atoms with Crippen molar-refractivity contribution < 1.29 is 0 Å². The van der Waals surface area contributed by atoms with Gasteiger partial charge < -0.3 is 11.1 Å². The molecule has 2 heteroatoms. The maximum atomic E-state index is 5.84. The van der Waals surface area contributed by atoms with Crippen molar-refractivity contribution in [2.45, 2.75) is 25.3 Å². The van der Waals surface area contributed by atoms with E-state index in [1.54, 1.807) is 0 Å². The molecular weight excluding hydrogens is 184 g/mol. The van der Waals surface area contributed by atoms with Gasteiger partial charge in [-0.1, -0.05) is 30.3 Å². The summed E-state index contributed by atoms with van der Waals surface area (Å²) in [6.45, 7) is 4.08. The summed E-state index contributed by atoms with van der Waals surface area (Å²) >= 11 is 0. The third kappa shape index (κ3) is 2.39. The van der Waals surface area contributed by atoms with Crippen LogP contribution in [0.3, 0.4) is 0 Å². The molecule has 1 aliphatic rings. The minimum absolute atomic E-state index is 0.587. The van der Waals surface area contributed by atoms with E-state index < -0.39 is 0 Å². The maximum absolute atomic E-state index is 5.84. The second-order valence-electron chi connectivity index (χ2n) is 4.56. The highest BCUT2D eigenvalue weighted by molar-refractivity contribution is 5.21. The number of hydrogen-bond acceptors (Lipinski definition) is 2. The van der Waals surface area contributed by atoms with Crippen LogP contribution < -0.4 is 11.1 Å². The van der Waals surface area contributed by atoms with Gasteiger partial charge in [-0.15, -0.1) is 0 Å². The Morgan fingerprint density at radius 1 is 1.33 bits per heavy atom. The van der Waals surface area contributed by atoms with Crippen LogP contribution >= 0.6 is 0 Å². The van der Waals surface area contributed by atoms with Crippen molar-refractivity contribution in [3.8, 4) is 0 Å². The second kappa shape index (κ2) is 4.77. The highest BCUT2D eigenvalue weighted by atomic mass is 14.9. The number of hydrogen-bond donors (Lipinski definition) is 2. The van der Waals surface area contributed by atoms with Crippen molar-refractivity contribution >= 4 is 0 Å². The molecule has 82 valence electrons. The molecule has 0 amide bonds. The monoisotopic (exact) mass is 204 g/mol. The fourth-order valence-corrected chi connectivity index (χ4v) is 2.51. The van der Waals surface area contributed by atoms with E-state index in [9.17, 15) is 0 Å². The Balaban J connectivity index is 2.17. The van der Waals surface area contributed by atoms with E-state index in [-0.39, 0.29) is 0 Å². The molecule has 3 unspecified atom stereocenters. The topological polar surface area (TPSA) is 38.0 Å². The van der Waals surface area contributed by atoms with Gasteiger partial charge in [0.15, 0.2) is 0 Å². The van der Waals surface area contributed by atoms with Crippen molar-refractivity contribution in [1.82, 2.24) is 5.32 Å². The zero-order valence-corrected chi connectivity index (χ0v) is 9.32. The van der Waals surface area contributed by atoms with E-state index in [4.69, 9.17) is 5.73 Å². The maximum Gasteiger partial charge on any atom is 0.00447 e. The van der Waals surface area contributed by atoms with Gasteiger partial charge in [-0.3, -0.25) is 0 Å². The van der Waals surface area contributed by atoms with Crippen molar-refractivity contribution in [2.24, 2.45) is 11.7 Å². The first-order chi connectivity index (χ1) is 7.31. The lowest BCUT2D eigenvalue weighted by Gasteiger charge is -2.35. The van der Waals surface area contributed by atoms with E-state index in [1.165, 1.54) is 12.0 Å². The van der Waals surface area contributed by atoms with Gasteiger partial charge in [0.1, 0.15) is 0 Å². The summed E-state index contributed by atoms with van der Waals surface area (Å²) in [5.74, 6) is 1.22. The largest absolute Gasteiger partial charge is 0.330 e. The lowest BCUT2D eigenvalue weighted by atomic mass is 9.79. The van der Waals surface area contributed by atoms with Gasteiger partial charge in [-0.2, -0.15) is 0 Å². The summed E-state index contributed by atoms with van der Waals surface area (Å²) in [4.78, 5) is 0. The SMILES string of the molecule is CC1CC(c2ccccc2)C(CN)CN1. The third-order valence-electron chi connectivity index (χ3n) is 3.44. The molecule has 3 atom stereocenters. The van der Waals surface area contributed by atoms with Crippen LogP contribution in [0.1, 0.15) is 24.8 Å². The van der Waals surface area contributed by atoms with Crippen LogP contribution in [0.2, 0.25) is 0 Å².